The van der Waals surface area contributed by atoms with Gasteiger partial charge in [0.2, 0.25) is 0 Å². The Bertz CT molecular complexity index is 858. The molecule has 0 unspecified atom stereocenters. The number of rotatable bonds is 3. The van der Waals surface area contributed by atoms with Crippen molar-refractivity contribution < 1.29 is 13.2 Å². The zero-order chi connectivity index (χ0) is 17.3. The van der Waals surface area contributed by atoms with Gasteiger partial charge in [-0.05, 0) is 30.7 Å². The monoisotopic (exact) mass is 330 g/mol. The number of pyridine rings is 1. The van der Waals surface area contributed by atoms with Gasteiger partial charge < -0.3 is 4.90 Å². The molecule has 2 aromatic carbocycles. The normalized spacial score (nSPS) is 11.7. The molecule has 0 aliphatic carbocycles. The molecule has 124 valence electrons. The van der Waals surface area contributed by atoms with Crippen LogP contribution in [0, 0.1) is 6.92 Å². The molecule has 0 atom stereocenters. The standard InChI is InChI=1S/C19H17F3N2/c1-13-10-18(24(2)12-14-6-4-3-5-7-14)16-9-8-15(19(20,21)22)11-17(16)23-13/h3-11H,12H2,1-2H3. The van der Waals surface area contributed by atoms with E-state index in [1.807, 2.05) is 48.3 Å². The molecule has 24 heavy (non-hydrogen) atoms. The molecule has 1 aromatic heterocycles. The van der Waals surface area contributed by atoms with E-state index in [9.17, 15) is 13.2 Å². The molecule has 0 saturated heterocycles. The third kappa shape index (κ3) is 3.35. The summed E-state index contributed by atoms with van der Waals surface area (Å²) in [7, 11) is 1.93. The highest BCUT2D eigenvalue weighted by atomic mass is 19.4. The summed E-state index contributed by atoms with van der Waals surface area (Å²) in [5, 5.41) is 0.715. The molecule has 0 bridgehead atoms. The molecular weight excluding hydrogens is 313 g/mol. The fraction of sp³-hybridized carbons (Fsp3) is 0.211. The highest BCUT2D eigenvalue weighted by Crippen LogP contribution is 2.34. The van der Waals surface area contributed by atoms with E-state index < -0.39 is 11.7 Å². The van der Waals surface area contributed by atoms with Crippen LogP contribution in [0.4, 0.5) is 18.9 Å². The van der Waals surface area contributed by atoms with Gasteiger partial charge in [-0.3, -0.25) is 4.98 Å². The van der Waals surface area contributed by atoms with Gasteiger partial charge in [-0.25, -0.2) is 0 Å². The third-order valence-electron chi connectivity index (χ3n) is 3.92. The van der Waals surface area contributed by atoms with Gasteiger partial charge in [0.25, 0.3) is 0 Å². The van der Waals surface area contributed by atoms with Crippen LogP contribution in [0.2, 0.25) is 0 Å². The van der Waals surface area contributed by atoms with Crippen LogP contribution < -0.4 is 4.90 Å². The predicted octanol–water partition coefficient (Wildman–Crippen LogP) is 5.20. The molecule has 0 fully saturated rings. The van der Waals surface area contributed by atoms with Gasteiger partial charge in [-0.2, -0.15) is 13.2 Å². The number of benzene rings is 2. The lowest BCUT2D eigenvalue weighted by molar-refractivity contribution is -0.137. The summed E-state index contributed by atoms with van der Waals surface area (Å²) in [5.41, 5.74) is 2.38. The highest BCUT2D eigenvalue weighted by Gasteiger charge is 2.30. The summed E-state index contributed by atoms with van der Waals surface area (Å²) in [5.74, 6) is 0. The number of fused-ring (bicyclic) bond motifs is 1. The average Bonchev–Trinajstić information content (AvgIpc) is 2.53. The first-order chi connectivity index (χ1) is 11.3. The molecule has 0 aliphatic heterocycles. The SMILES string of the molecule is Cc1cc(N(C)Cc2ccccc2)c2ccc(C(F)(F)F)cc2n1. The lowest BCUT2D eigenvalue weighted by Gasteiger charge is -2.22. The maximum absolute atomic E-state index is 12.9. The van der Waals surface area contributed by atoms with Gasteiger partial charge in [-0.15, -0.1) is 0 Å². The maximum Gasteiger partial charge on any atom is 0.416 e. The van der Waals surface area contributed by atoms with Gasteiger partial charge in [-0.1, -0.05) is 36.4 Å². The Morgan fingerprint density at radius 2 is 1.71 bits per heavy atom. The van der Waals surface area contributed by atoms with Crippen molar-refractivity contribution in [2.24, 2.45) is 0 Å². The quantitative estimate of drug-likeness (QED) is 0.656. The summed E-state index contributed by atoms with van der Waals surface area (Å²) >= 11 is 0. The van der Waals surface area contributed by atoms with Crippen molar-refractivity contribution in [1.82, 2.24) is 4.98 Å². The first-order valence-corrected chi connectivity index (χ1v) is 7.58. The third-order valence-corrected chi connectivity index (χ3v) is 3.92. The van der Waals surface area contributed by atoms with Crippen molar-refractivity contribution in [2.75, 3.05) is 11.9 Å². The number of anilines is 1. The molecular formula is C19H17F3N2. The number of hydrogen-bond acceptors (Lipinski definition) is 2. The van der Waals surface area contributed by atoms with Crippen LogP contribution in [-0.2, 0) is 12.7 Å². The van der Waals surface area contributed by atoms with Crippen molar-refractivity contribution in [2.45, 2.75) is 19.6 Å². The zero-order valence-corrected chi connectivity index (χ0v) is 13.4. The molecule has 0 aliphatic rings. The van der Waals surface area contributed by atoms with Crippen molar-refractivity contribution in [3.05, 3.63) is 71.4 Å². The zero-order valence-electron chi connectivity index (χ0n) is 13.4. The first-order valence-electron chi connectivity index (χ1n) is 7.58. The molecule has 0 N–H and O–H groups in total. The van der Waals surface area contributed by atoms with Crippen molar-refractivity contribution >= 4 is 16.6 Å². The molecule has 1 heterocycles. The van der Waals surface area contributed by atoms with Gasteiger partial charge in [0.1, 0.15) is 0 Å². The first kappa shape index (κ1) is 16.3. The Morgan fingerprint density at radius 1 is 1.00 bits per heavy atom. The summed E-state index contributed by atoms with van der Waals surface area (Å²) in [6.45, 7) is 2.46. The molecule has 0 saturated carbocycles. The largest absolute Gasteiger partial charge is 0.416 e. The van der Waals surface area contributed by atoms with E-state index in [0.717, 1.165) is 23.4 Å². The summed E-state index contributed by atoms with van der Waals surface area (Å²) in [6.07, 6.45) is -4.37. The van der Waals surface area contributed by atoms with E-state index in [0.29, 0.717) is 23.1 Å². The minimum absolute atomic E-state index is 0.361. The number of alkyl halides is 3. The van der Waals surface area contributed by atoms with Crippen LogP contribution in [0.15, 0.2) is 54.6 Å². The van der Waals surface area contributed by atoms with Crippen LogP contribution >= 0.6 is 0 Å². The number of nitrogens with zero attached hydrogens (tertiary/aromatic N) is 2. The Balaban J connectivity index is 2.04. The second-order valence-corrected chi connectivity index (χ2v) is 5.85. The van der Waals surface area contributed by atoms with Crippen LogP contribution in [0.1, 0.15) is 16.8 Å². The van der Waals surface area contributed by atoms with E-state index in [1.54, 1.807) is 6.92 Å². The Hall–Kier alpha value is -2.56. The number of aromatic nitrogens is 1. The predicted molar refractivity (Wildman–Crippen MR) is 90.0 cm³/mol. The van der Waals surface area contributed by atoms with E-state index in [4.69, 9.17) is 0 Å². The Labute approximate surface area is 138 Å². The second kappa shape index (κ2) is 6.15. The molecule has 3 rings (SSSR count). The Morgan fingerprint density at radius 3 is 2.38 bits per heavy atom. The van der Waals surface area contributed by atoms with Crippen molar-refractivity contribution in [3.63, 3.8) is 0 Å². The minimum Gasteiger partial charge on any atom is -0.370 e. The topological polar surface area (TPSA) is 16.1 Å². The average molecular weight is 330 g/mol. The lowest BCUT2D eigenvalue weighted by Crippen LogP contribution is -2.17. The number of aryl methyl sites for hydroxylation is 1. The van der Waals surface area contributed by atoms with Gasteiger partial charge in [0.15, 0.2) is 0 Å². The van der Waals surface area contributed by atoms with Crippen molar-refractivity contribution in [1.29, 1.82) is 0 Å². The summed E-state index contributed by atoms with van der Waals surface area (Å²) in [4.78, 5) is 6.30. The lowest BCUT2D eigenvalue weighted by atomic mass is 10.1. The van der Waals surface area contributed by atoms with Crippen molar-refractivity contribution in [3.8, 4) is 0 Å². The molecule has 0 radical (unpaired) electrons. The smallest absolute Gasteiger partial charge is 0.370 e. The molecule has 2 nitrogen and oxygen atoms in total. The summed E-state index contributed by atoms with van der Waals surface area (Å²) < 4.78 is 38.8. The van der Waals surface area contributed by atoms with E-state index in [-0.39, 0.29) is 0 Å². The number of hydrogen-bond donors (Lipinski definition) is 0. The van der Waals surface area contributed by atoms with E-state index in [1.165, 1.54) is 6.07 Å². The fourth-order valence-electron chi connectivity index (χ4n) is 2.77. The minimum atomic E-state index is -4.37. The fourth-order valence-corrected chi connectivity index (χ4v) is 2.77. The maximum atomic E-state index is 12.9. The van der Waals surface area contributed by atoms with Crippen LogP contribution in [-0.4, -0.2) is 12.0 Å². The summed E-state index contributed by atoms with van der Waals surface area (Å²) in [6, 6.07) is 15.6. The van der Waals surface area contributed by atoms with Crippen LogP contribution in [0.3, 0.4) is 0 Å². The Kier molecular flexibility index (Phi) is 4.18. The molecule has 3 aromatic rings. The van der Waals surface area contributed by atoms with Gasteiger partial charge >= 0.3 is 6.18 Å². The number of halogens is 3. The van der Waals surface area contributed by atoms with Crippen LogP contribution in [0.5, 0.6) is 0 Å². The van der Waals surface area contributed by atoms with Crippen LogP contribution in [0.25, 0.3) is 10.9 Å². The molecule has 0 spiro atoms. The molecule has 5 heteroatoms. The second-order valence-electron chi connectivity index (χ2n) is 5.85. The van der Waals surface area contributed by atoms with E-state index >= 15 is 0 Å². The van der Waals surface area contributed by atoms with Gasteiger partial charge in [0, 0.05) is 30.4 Å². The van der Waals surface area contributed by atoms with Gasteiger partial charge in [0.05, 0.1) is 11.1 Å². The van der Waals surface area contributed by atoms with E-state index in [2.05, 4.69) is 4.98 Å². The highest BCUT2D eigenvalue weighted by molar-refractivity contribution is 5.92. The molecule has 0 amide bonds.